The van der Waals surface area contributed by atoms with Gasteiger partial charge in [-0.1, -0.05) is 0 Å². The number of allylic oxidation sites excluding steroid dienone is 1. The number of nitrogens with zero attached hydrogens (tertiary/aromatic N) is 2. The summed E-state index contributed by atoms with van der Waals surface area (Å²) in [6.45, 7) is 0.300. The van der Waals surface area contributed by atoms with Crippen LogP contribution in [-0.4, -0.2) is 36.7 Å². The van der Waals surface area contributed by atoms with Crippen molar-refractivity contribution in [3.05, 3.63) is 11.9 Å². The fraction of sp³-hybridized carbons (Fsp3) is 0.667. The van der Waals surface area contributed by atoms with Crippen molar-refractivity contribution in [2.24, 2.45) is 0 Å². The monoisotopic (exact) mass is 166 g/mol. The summed E-state index contributed by atoms with van der Waals surface area (Å²) in [5.41, 5.74) is -0.583. The molecule has 0 unspecified atom stereocenters. The second kappa shape index (κ2) is 2.32. The summed E-state index contributed by atoms with van der Waals surface area (Å²) in [6, 6.07) is 0. The van der Waals surface area contributed by atoms with E-state index in [0.29, 0.717) is 6.67 Å². The Morgan fingerprint density at radius 2 is 1.91 bits per heavy atom. The molecule has 1 heterocycles. The van der Waals surface area contributed by atoms with E-state index in [1.165, 1.54) is 16.8 Å². The van der Waals surface area contributed by atoms with Gasteiger partial charge in [0.05, 0.1) is 6.67 Å². The van der Waals surface area contributed by atoms with Crippen molar-refractivity contribution in [1.82, 2.24) is 9.80 Å². The Hall–Kier alpha value is -0.870. The Kier molecular flexibility index (Phi) is 1.74. The third kappa shape index (κ3) is 1.58. The molecule has 0 atom stereocenters. The fourth-order valence-electron chi connectivity index (χ4n) is 1.05. The first-order valence-electron chi connectivity index (χ1n) is 3.11. The first kappa shape index (κ1) is 8.23. The summed E-state index contributed by atoms with van der Waals surface area (Å²) < 4.78 is 36.1. The average Bonchev–Trinajstić information content (AvgIpc) is 2.08. The van der Waals surface area contributed by atoms with Crippen LogP contribution in [0.1, 0.15) is 0 Å². The zero-order chi connectivity index (χ0) is 8.65. The van der Waals surface area contributed by atoms with Crippen LogP contribution in [0.2, 0.25) is 0 Å². The highest BCUT2D eigenvalue weighted by molar-refractivity contribution is 5.10. The number of rotatable bonds is 0. The Balaban J connectivity index is 2.80. The van der Waals surface area contributed by atoms with Crippen LogP contribution in [0.25, 0.3) is 0 Å². The molecule has 1 aliphatic heterocycles. The molecule has 0 bridgehead atoms. The SMILES string of the molecule is CN1C=C(C(F)(F)F)N(C)C1. The first-order valence-corrected chi connectivity index (χ1v) is 3.11. The van der Waals surface area contributed by atoms with E-state index in [2.05, 4.69) is 0 Å². The smallest absolute Gasteiger partial charge is 0.361 e. The zero-order valence-corrected chi connectivity index (χ0v) is 6.31. The number of halogens is 3. The molecule has 0 N–H and O–H groups in total. The molecule has 2 nitrogen and oxygen atoms in total. The van der Waals surface area contributed by atoms with Gasteiger partial charge in [0.25, 0.3) is 0 Å². The van der Waals surface area contributed by atoms with Gasteiger partial charge in [-0.3, -0.25) is 0 Å². The molecule has 0 radical (unpaired) electrons. The van der Waals surface area contributed by atoms with Crippen molar-refractivity contribution in [1.29, 1.82) is 0 Å². The van der Waals surface area contributed by atoms with Gasteiger partial charge in [-0.25, -0.2) is 0 Å². The van der Waals surface area contributed by atoms with Gasteiger partial charge < -0.3 is 9.80 Å². The van der Waals surface area contributed by atoms with Crippen molar-refractivity contribution < 1.29 is 13.2 Å². The van der Waals surface area contributed by atoms with Gasteiger partial charge in [0.15, 0.2) is 0 Å². The van der Waals surface area contributed by atoms with Gasteiger partial charge in [0.2, 0.25) is 0 Å². The lowest BCUT2D eigenvalue weighted by Crippen LogP contribution is -2.26. The average molecular weight is 166 g/mol. The summed E-state index contributed by atoms with van der Waals surface area (Å²) in [5.74, 6) is 0. The third-order valence-corrected chi connectivity index (χ3v) is 1.48. The van der Waals surface area contributed by atoms with E-state index >= 15 is 0 Å². The van der Waals surface area contributed by atoms with Crippen molar-refractivity contribution >= 4 is 0 Å². The molecule has 1 aliphatic rings. The summed E-state index contributed by atoms with van der Waals surface area (Å²) in [7, 11) is 3.03. The van der Waals surface area contributed by atoms with Crippen molar-refractivity contribution in [2.45, 2.75) is 6.18 Å². The Morgan fingerprint density at radius 1 is 1.36 bits per heavy atom. The highest BCUT2D eigenvalue weighted by atomic mass is 19.4. The molecule has 0 aromatic heterocycles. The molecule has 0 amide bonds. The molecule has 0 saturated heterocycles. The lowest BCUT2D eigenvalue weighted by molar-refractivity contribution is -0.107. The molecule has 5 heteroatoms. The maximum Gasteiger partial charge on any atom is 0.432 e. The van der Waals surface area contributed by atoms with Gasteiger partial charge in [0.1, 0.15) is 5.70 Å². The zero-order valence-electron chi connectivity index (χ0n) is 6.31. The van der Waals surface area contributed by atoms with Crippen LogP contribution < -0.4 is 0 Å². The minimum Gasteiger partial charge on any atom is -0.361 e. The van der Waals surface area contributed by atoms with Gasteiger partial charge in [-0.2, -0.15) is 13.2 Å². The largest absolute Gasteiger partial charge is 0.432 e. The molecule has 0 fully saturated rings. The van der Waals surface area contributed by atoms with Gasteiger partial charge in [-0.05, 0) is 0 Å². The van der Waals surface area contributed by atoms with Crippen LogP contribution in [-0.2, 0) is 0 Å². The van der Waals surface area contributed by atoms with E-state index in [4.69, 9.17) is 0 Å². The molecule has 0 aliphatic carbocycles. The summed E-state index contributed by atoms with van der Waals surface area (Å²) >= 11 is 0. The number of hydrogen-bond acceptors (Lipinski definition) is 2. The van der Waals surface area contributed by atoms with E-state index in [1.807, 2.05) is 0 Å². The van der Waals surface area contributed by atoms with Crippen molar-refractivity contribution in [2.75, 3.05) is 20.8 Å². The maximum absolute atomic E-state index is 12.0. The van der Waals surface area contributed by atoms with Gasteiger partial charge in [0, 0.05) is 20.3 Å². The Labute approximate surface area is 62.9 Å². The van der Waals surface area contributed by atoms with Crippen LogP contribution >= 0.6 is 0 Å². The summed E-state index contributed by atoms with van der Waals surface area (Å²) in [4.78, 5) is 2.66. The number of hydrogen-bond donors (Lipinski definition) is 0. The lowest BCUT2D eigenvalue weighted by atomic mass is 10.4. The molecule has 11 heavy (non-hydrogen) atoms. The van der Waals surface area contributed by atoms with E-state index in [9.17, 15) is 13.2 Å². The van der Waals surface area contributed by atoms with E-state index in [1.54, 1.807) is 7.05 Å². The van der Waals surface area contributed by atoms with Crippen LogP contribution in [0.3, 0.4) is 0 Å². The minimum atomic E-state index is -4.22. The molecule has 0 aromatic rings. The van der Waals surface area contributed by atoms with E-state index < -0.39 is 11.9 Å². The summed E-state index contributed by atoms with van der Waals surface area (Å²) in [5, 5.41) is 0. The first-order chi connectivity index (χ1) is 4.91. The second-order valence-electron chi connectivity index (χ2n) is 2.61. The fourth-order valence-corrected chi connectivity index (χ4v) is 1.05. The van der Waals surface area contributed by atoms with E-state index in [0.717, 1.165) is 6.20 Å². The normalized spacial score (nSPS) is 19.2. The van der Waals surface area contributed by atoms with Crippen LogP contribution in [0.4, 0.5) is 13.2 Å². The summed E-state index contributed by atoms with van der Waals surface area (Å²) in [6.07, 6.45) is -3.13. The second-order valence-corrected chi connectivity index (χ2v) is 2.61. The van der Waals surface area contributed by atoms with Crippen LogP contribution in [0.5, 0.6) is 0 Å². The predicted octanol–water partition coefficient (Wildman–Crippen LogP) is 1.22. The molecule has 0 spiro atoms. The molecule has 64 valence electrons. The third-order valence-electron chi connectivity index (χ3n) is 1.48. The van der Waals surface area contributed by atoms with Crippen LogP contribution in [0.15, 0.2) is 11.9 Å². The Morgan fingerprint density at radius 3 is 2.09 bits per heavy atom. The Bertz CT molecular complexity index is 185. The molecule has 0 aromatic carbocycles. The number of alkyl halides is 3. The van der Waals surface area contributed by atoms with Crippen LogP contribution in [0, 0.1) is 0 Å². The van der Waals surface area contributed by atoms with Gasteiger partial charge in [-0.15, -0.1) is 0 Å². The molecular weight excluding hydrogens is 157 g/mol. The molecular formula is C6H9F3N2. The highest BCUT2D eigenvalue weighted by Gasteiger charge is 2.39. The topological polar surface area (TPSA) is 6.48 Å². The minimum absolute atomic E-state index is 0.300. The maximum atomic E-state index is 12.0. The van der Waals surface area contributed by atoms with Gasteiger partial charge >= 0.3 is 6.18 Å². The van der Waals surface area contributed by atoms with Crippen molar-refractivity contribution in [3.8, 4) is 0 Å². The molecule has 1 rings (SSSR count). The molecule has 0 saturated carbocycles. The quantitative estimate of drug-likeness (QED) is 0.534. The lowest BCUT2D eigenvalue weighted by Gasteiger charge is -2.17. The van der Waals surface area contributed by atoms with E-state index in [-0.39, 0.29) is 0 Å². The predicted molar refractivity (Wildman–Crippen MR) is 34.5 cm³/mol. The van der Waals surface area contributed by atoms with Crippen molar-refractivity contribution in [3.63, 3.8) is 0 Å². The standard InChI is InChI=1S/C6H9F3N2/c1-10-3-5(6(7,8)9)11(2)4-10/h3H,4H2,1-2H3. The highest BCUT2D eigenvalue weighted by Crippen LogP contribution is 2.30.